The van der Waals surface area contributed by atoms with Gasteiger partial charge in [0.2, 0.25) is 0 Å². The maximum absolute atomic E-state index is 11.7. The molecular weight excluding hydrogens is 177 g/mol. The van der Waals surface area contributed by atoms with E-state index in [0.29, 0.717) is 6.61 Å². The third-order valence-corrected chi connectivity index (χ3v) is 1.63. The van der Waals surface area contributed by atoms with E-state index >= 15 is 0 Å². The van der Waals surface area contributed by atoms with Gasteiger partial charge in [0.25, 0.3) is 0 Å². The number of benzene rings is 1. The number of rotatable bonds is 4. The van der Waals surface area contributed by atoms with Crippen LogP contribution in [0.2, 0.25) is 0 Å². The summed E-state index contributed by atoms with van der Waals surface area (Å²) in [5.74, 6) is 0.798. The van der Waals surface area contributed by atoms with Gasteiger partial charge in [0.05, 0.1) is 6.61 Å². The molecule has 0 amide bonds. The van der Waals surface area contributed by atoms with Crippen molar-refractivity contribution in [3.63, 3.8) is 0 Å². The van der Waals surface area contributed by atoms with Gasteiger partial charge in [-0.2, -0.15) is 0 Å². The van der Waals surface area contributed by atoms with E-state index in [1.807, 2.05) is 6.92 Å². The summed E-state index contributed by atoms with van der Waals surface area (Å²) < 4.78 is 19.4. The van der Waals surface area contributed by atoms with Gasteiger partial charge in [0.15, 0.2) is 12.3 Å². The van der Waals surface area contributed by atoms with Crippen LogP contribution >= 0.6 is 12.3 Å². The number of ether oxygens (including phenoxy) is 1. The maximum atomic E-state index is 11.7. The summed E-state index contributed by atoms with van der Waals surface area (Å²) in [6, 6.07) is 7.11. The number of hydrogen-bond donors (Lipinski definition) is 1. The van der Waals surface area contributed by atoms with Crippen LogP contribution in [-0.2, 0) is 0 Å². The van der Waals surface area contributed by atoms with Crippen molar-refractivity contribution in [1.82, 2.24) is 0 Å². The normalized spacial score (nSPS) is 9.50. The summed E-state index contributed by atoms with van der Waals surface area (Å²) in [6.07, 6.45) is 0. The van der Waals surface area contributed by atoms with Crippen LogP contribution in [0.25, 0.3) is 0 Å². The van der Waals surface area contributed by atoms with E-state index in [-0.39, 0.29) is 12.3 Å². The SMILES string of the molecule is CCOc1ccc(NSF)cc1. The topological polar surface area (TPSA) is 21.3 Å². The van der Waals surface area contributed by atoms with Crippen molar-refractivity contribution in [3.05, 3.63) is 24.3 Å². The second-order valence-corrected chi connectivity index (χ2v) is 2.50. The number of anilines is 1. The largest absolute Gasteiger partial charge is 0.494 e. The van der Waals surface area contributed by atoms with Gasteiger partial charge in [0, 0.05) is 5.69 Å². The number of halogens is 1. The predicted molar refractivity (Wildman–Crippen MR) is 49.9 cm³/mol. The minimum atomic E-state index is 0.0831. The van der Waals surface area contributed by atoms with E-state index in [1.54, 1.807) is 24.3 Å². The first-order chi connectivity index (χ1) is 5.86. The van der Waals surface area contributed by atoms with Crippen LogP contribution in [0, 0.1) is 0 Å². The zero-order chi connectivity index (χ0) is 8.81. The van der Waals surface area contributed by atoms with Crippen LogP contribution in [0.1, 0.15) is 6.92 Å². The fourth-order valence-electron chi connectivity index (χ4n) is 0.830. The Morgan fingerprint density at radius 1 is 1.42 bits per heavy atom. The number of hydrogen-bond acceptors (Lipinski definition) is 3. The molecule has 66 valence electrons. The summed E-state index contributed by atoms with van der Waals surface area (Å²) in [5, 5.41) is 0. The van der Waals surface area contributed by atoms with Crippen molar-refractivity contribution in [2.75, 3.05) is 11.3 Å². The van der Waals surface area contributed by atoms with Crippen LogP contribution in [0.3, 0.4) is 0 Å². The molecule has 0 saturated carbocycles. The highest BCUT2D eigenvalue weighted by atomic mass is 32.2. The molecule has 1 aromatic rings. The molecule has 4 heteroatoms. The number of nitrogens with one attached hydrogen (secondary N) is 1. The summed E-state index contributed by atoms with van der Waals surface area (Å²) in [5.41, 5.74) is 0.728. The molecule has 1 N–H and O–H groups in total. The van der Waals surface area contributed by atoms with Crippen molar-refractivity contribution in [2.24, 2.45) is 0 Å². The first-order valence-electron chi connectivity index (χ1n) is 3.63. The minimum Gasteiger partial charge on any atom is -0.494 e. The zero-order valence-corrected chi connectivity index (χ0v) is 7.53. The van der Waals surface area contributed by atoms with E-state index in [1.165, 1.54) is 0 Å². The summed E-state index contributed by atoms with van der Waals surface area (Å²) in [7, 11) is 0. The van der Waals surface area contributed by atoms with E-state index < -0.39 is 0 Å². The van der Waals surface area contributed by atoms with E-state index in [9.17, 15) is 3.89 Å². The lowest BCUT2D eigenvalue weighted by Gasteiger charge is -2.03. The molecule has 0 aromatic heterocycles. The van der Waals surface area contributed by atoms with Crippen LogP contribution < -0.4 is 9.46 Å². The third kappa shape index (κ3) is 2.62. The van der Waals surface area contributed by atoms with Gasteiger partial charge in [-0.25, -0.2) is 0 Å². The minimum absolute atomic E-state index is 0.0831. The molecule has 0 spiro atoms. The lowest BCUT2D eigenvalue weighted by Crippen LogP contribution is -1.91. The van der Waals surface area contributed by atoms with E-state index in [2.05, 4.69) is 4.72 Å². The van der Waals surface area contributed by atoms with Gasteiger partial charge in [0.1, 0.15) is 5.75 Å². The van der Waals surface area contributed by atoms with Gasteiger partial charge in [-0.3, -0.25) is 0 Å². The first kappa shape index (κ1) is 9.19. The van der Waals surface area contributed by atoms with Crippen molar-refractivity contribution in [3.8, 4) is 5.75 Å². The van der Waals surface area contributed by atoms with Crippen molar-refractivity contribution in [1.29, 1.82) is 0 Å². The molecular formula is C8H10FNOS. The van der Waals surface area contributed by atoms with Crippen molar-refractivity contribution >= 4 is 18.0 Å². The van der Waals surface area contributed by atoms with Crippen LogP contribution in [0.4, 0.5) is 9.57 Å². The Bertz CT molecular complexity index is 202. The molecule has 0 aliphatic carbocycles. The summed E-state index contributed by atoms with van der Waals surface area (Å²) in [6.45, 7) is 2.56. The molecule has 0 unspecified atom stereocenters. The van der Waals surface area contributed by atoms with E-state index in [0.717, 1.165) is 11.4 Å². The van der Waals surface area contributed by atoms with Gasteiger partial charge in [-0.15, -0.1) is 3.89 Å². The molecule has 2 nitrogen and oxygen atoms in total. The lowest BCUT2D eigenvalue weighted by atomic mass is 10.3. The van der Waals surface area contributed by atoms with Gasteiger partial charge >= 0.3 is 0 Å². The third-order valence-electron chi connectivity index (χ3n) is 1.32. The fraction of sp³-hybridized carbons (Fsp3) is 0.250. The highest BCUT2D eigenvalue weighted by molar-refractivity contribution is 7.95. The average molecular weight is 187 g/mol. The Morgan fingerprint density at radius 2 is 2.08 bits per heavy atom. The molecule has 12 heavy (non-hydrogen) atoms. The van der Waals surface area contributed by atoms with Crippen LogP contribution in [-0.4, -0.2) is 6.61 Å². The fourth-order valence-corrected chi connectivity index (χ4v) is 1.06. The highest BCUT2D eigenvalue weighted by Crippen LogP contribution is 2.18. The lowest BCUT2D eigenvalue weighted by molar-refractivity contribution is 0.340. The quantitative estimate of drug-likeness (QED) is 0.732. The second kappa shape index (κ2) is 4.87. The summed E-state index contributed by atoms with van der Waals surface area (Å²) >= 11 is 0.0831. The van der Waals surface area contributed by atoms with Gasteiger partial charge < -0.3 is 9.46 Å². The second-order valence-electron chi connectivity index (χ2n) is 2.14. The maximum Gasteiger partial charge on any atom is 0.162 e. The van der Waals surface area contributed by atoms with Crippen molar-refractivity contribution < 1.29 is 8.62 Å². The molecule has 0 bridgehead atoms. The monoisotopic (exact) mass is 187 g/mol. The molecule has 0 aliphatic heterocycles. The standard InChI is InChI=1S/C8H10FNOS/c1-2-11-8-5-3-7(4-6-8)10-12-9/h3-6,10H,2H2,1H3. The molecule has 0 aliphatic rings. The molecule has 0 atom stereocenters. The first-order valence-corrected chi connectivity index (χ1v) is 4.35. The Hall–Kier alpha value is -0.900. The Balaban J connectivity index is 2.58. The molecule has 1 aromatic carbocycles. The highest BCUT2D eigenvalue weighted by Gasteiger charge is 1.92. The molecule has 0 radical (unpaired) electrons. The van der Waals surface area contributed by atoms with Crippen molar-refractivity contribution in [2.45, 2.75) is 6.92 Å². The molecule has 0 saturated heterocycles. The molecule has 1 rings (SSSR count). The molecule has 0 fully saturated rings. The average Bonchev–Trinajstić information content (AvgIpc) is 2.09. The van der Waals surface area contributed by atoms with Crippen LogP contribution in [0.15, 0.2) is 24.3 Å². The Kier molecular flexibility index (Phi) is 3.73. The zero-order valence-electron chi connectivity index (χ0n) is 6.71. The Labute approximate surface area is 75.5 Å². The predicted octanol–water partition coefficient (Wildman–Crippen LogP) is 3.03. The van der Waals surface area contributed by atoms with Crippen LogP contribution in [0.5, 0.6) is 5.75 Å². The van der Waals surface area contributed by atoms with Gasteiger partial charge in [-0.1, -0.05) is 0 Å². The molecule has 0 heterocycles. The Morgan fingerprint density at radius 3 is 2.58 bits per heavy atom. The van der Waals surface area contributed by atoms with E-state index in [4.69, 9.17) is 4.74 Å². The smallest absolute Gasteiger partial charge is 0.162 e. The summed E-state index contributed by atoms with van der Waals surface area (Å²) in [4.78, 5) is 0. The van der Waals surface area contributed by atoms with Gasteiger partial charge in [-0.05, 0) is 31.2 Å².